The molecular weight excluding hydrogens is 362 g/mol. The summed E-state index contributed by atoms with van der Waals surface area (Å²) < 4.78 is 55.2. The molecule has 3 rings (SSSR count). The first-order chi connectivity index (χ1) is 11.6. The Bertz CT molecular complexity index is 974. The molecule has 1 fully saturated rings. The van der Waals surface area contributed by atoms with E-state index in [9.17, 15) is 16.8 Å². The van der Waals surface area contributed by atoms with Gasteiger partial charge in [0.05, 0.1) is 16.3 Å². The molecule has 0 saturated heterocycles. The molecule has 1 aromatic carbocycles. The van der Waals surface area contributed by atoms with Crippen LogP contribution in [0.2, 0.25) is 0 Å². The van der Waals surface area contributed by atoms with E-state index < -0.39 is 19.9 Å². The minimum atomic E-state index is -3.73. The van der Waals surface area contributed by atoms with Gasteiger partial charge in [-0.1, -0.05) is 6.92 Å². The second-order valence-electron chi connectivity index (χ2n) is 6.63. The fraction of sp³-hybridized carbons (Fsp3) is 0.412. The highest BCUT2D eigenvalue weighted by molar-refractivity contribution is 7.90. The highest BCUT2D eigenvalue weighted by Gasteiger charge is 2.36. The van der Waals surface area contributed by atoms with Gasteiger partial charge in [0.1, 0.15) is 11.5 Å². The van der Waals surface area contributed by atoms with Crippen LogP contribution in [0.4, 0.5) is 0 Å². The van der Waals surface area contributed by atoms with Gasteiger partial charge in [-0.3, -0.25) is 0 Å². The van der Waals surface area contributed by atoms with Gasteiger partial charge in [-0.2, -0.15) is 4.31 Å². The summed E-state index contributed by atoms with van der Waals surface area (Å²) in [6.07, 6.45) is 2.19. The molecule has 8 heteroatoms. The number of sulfonamides is 1. The van der Waals surface area contributed by atoms with Crippen LogP contribution < -0.4 is 0 Å². The standard InChI is InChI=1S/C17H21NO5S2/c1-12-10-16(12)17-9-4-13(23-17)11-18(2)25(21,22)15-7-5-14(6-8-15)24(3,19)20/h4-9,12,16H,10-11H2,1-3H3/t12-,16-/m0/s1. The highest BCUT2D eigenvalue weighted by Crippen LogP contribution is 2.47. The quantitative estimate of drug-likeness (QED) is 0.765. The summed E-state index contributed by atoms with van der Waals surface area (Å²) in [5.74, 6) is 2.56. The Balaban J connectivity index is 1.76. The molecule has 0 radical (unpaired) electrons. The van der Waals surface area contributed by atoms with Crippen LogP contribution in [0.5, 0.6) is 0 Å². The number of sulfone groups is 1. The second kappa shape index (κ2) is 6.26. The molecule has 2 aromatic rings. The fourth-order valence-corrected chi connectivity index (χ4v) is 4.51. The summed E-state index contributed by atoms with van der Waals surface area (Å²) in [6.45, 7) is 2.28. The number of rotatable bonds is 6. The van der Waals surface area contributed by atoms with Crippen molar-refractivity contribution in [3.8, 4) is 0 Å². The van der Waals surface area contributed by atoms with E-state index in [0.717, 1.165) is 18.4 Å². The van der Waals surface area contributed by atoms with E-state index in [-0.39, 0.29) is 16.3 Å². The molecule has 0 N–H and O–H groups in total. The first kappa shape index (κ1) is 18.2. The Morgan fingerprint density at radius 2 is 1.60 bits per heavy atom. The molecule has 25 heavy (non-hydrogen) atoms. The Hall–Kier alpha value is -1.64. The van der Waals surface area contributed by atoms with E-state index in [1.165, 1.54) is 35.6 Å². The van der Waals surface area contributed by atoms with Gasteiger partial charge in [0.25, 0.3) is 0 Å². The third-order valence-electron chi connectivity index (χ3n) is 4.50. The van der Waals surface area contributed by atoms with Crippen molar-refractivity contribution in [2.45, 2.75) is 35.6 Å². The van der Waals surface area contributed by atoms with Gasteiger partial charge in [-0.25, -0.2) is 16.8 Å². The molecule has 1 aromatic heterocycles. The summed E-state index contributed by atoms with van der Waals surface area (Å²) in [4.78, 5) is 0.133. The average molecular weight is 383 g/mol. The number of hydrogen-bond acceptors (Lipinski definition) is 5. The lowest BCUT2D eigenvalue weighted by Crippen LogP contribution is -2.26. The van der Waals surface area contributed by atoms with Crippen LogP contribution in [0.15, 0.2) is 50.6 Å². The minimum Gasteiger partial charge on any atom is -0.464 e. The number of furan rings is 1. The van der Waals surface area contributed by atoms with Crippen molar-refractivity contribution in [2.24, 2.45) is 5.92 Å². The maximum absolute atomic E-state index is 12.6. The maximum Gasteiger partial charge on any atom is 0.243 e. The predicted molar refractivity (Wildman–Crippen MR) is 93.4 cm³/mol. The van der Waals surface area contributed by atoms with Crippen molar-refractivity contribution < 1.29 is 21.3 Å². The summed E-state index contributed by atoms with van der Waals surface area (Å²) in [5.41, 5.74) is 0. The van der Waals surface area contributed by atoms with Gasteiger partial charge in [0.15, 0.2) is 9.84 Å². The first-order valence-corrected chi connectivity index (χ1v) is 11.3. The zero-order chi connectivity index (χ0) is 18.4. The number of nitrogens with zero attached hydrogens (tertiary/aromatic N) is 1. The number of benzene rings is 1. The largest absolute Gasteiger partial charge is 0.464 e. The van der Waals surface area contributed by atoms with E-state index in [4.69, 9.17) is 4.42 Å². The summed E-state index contributed by atoms with van der Waals surface area (Å²) in [7, 11) is -5.61. The van der Waals surface area contributed by atoms with Crippen molar-refractivity contribution in [1.82, 2.24) is 4.31 Å². The van der Waals surface area contributed by atoms with E-state index >= 15 is 0 Å². The van der Waals surface area contributed by atoms with Crippen LogP contribution in [0.3, 0.4) is 0 Å². The zero-order valence-corrected chi connectivity index (χ0v) is 16.0. The minimum absolute atomic E-state index is 0.0463. The van der Waals surface area contributed by atoms with E-state index in [1.54, 1.807) is 6.07 Å². The van der Waals surface area contributed by atoms with E-state index in [0.29, 0.717) is 17.6 Å². The molecule has 136 valence electrons. The van der Waals surface area contributed by atoms with Crippen molar-refractivity contribution in [3.63, 3.8) is 0 Å². The molecule has 2 atom stereocenters. The van der Waals surface area contributed by atoms with E-state index in [1.807, 2.05) is 6.07 Å². The Kier molecular flexibility index (Phi) is 4.55. The van der Waals surface area contributed by atoms with E-state index in [2.05, 4.69) is 6.92 Å². The van der Waals surface area contributed by atoms with Crippen molar-refractivity contribution in [1.29, 1.82) is 0 Å². The Morgan fingerprint density at radius 3 is 2.12 bits per heavy atom. The van der Waals surface area contributed by atoms with Gasteiger partial charge in [-0.05, 0) is 48.7 Å². The Labute approximate surface area is 148 Å². The monoisotopic (exact) mass is 383 g/mol. The lowest BCUT2D eigenvalue weighted by molar-refractivity contribution is 0.390. The highest BCUT2D eigenvalue weighted by atomic mass is 32.2. The molecule has 1 aliphatic rings. The van der Waals surface area contributed by atoms with Gasteiger partial charge in [0.2, 0.25) is 10.0 Å². The lowest BCUT2D eigenvalue weighted by Gasteiger charge is -2.16. The summed E-state index contributed by atoms with van der Waals surface area (Å²) in [6, 6.07) is 8.93. The van der Waals surface area contributed by atoms with Crippen LogP contribution in [-0.4, -0.2) is 34.4 Å². The predicted octanol–water partition coefficient (Wildman–Crippen LogP) is 2.63. The Morgan fingerprint density at radius 1 is 1.04 bits per heavy atom. The normalized spacial score (nSPS) is 20.8. The average Bonchev–Trinajstić information content (AvgIpc) is 3.08. The van der Waals surface area contributed by atoms with Crippen LogP contribution in [-0.2, 0) is 26.4 Å². The third-order valence-corrected chi connectivity index (χ3v) is 7.44. The zero-order valence-electron chi connectivity index (χ0n) is 14.3. The molecule has 0 aliphatic heterocycles. The summed E-state index contributed by atoms with van der Waals surface area (Å²) in [5, 5.41) is 0. The topological polar surface area (TPSA) is 84.7 Å². The number of hydrogen-bond donors (Lipinski definition) is 0. The lowest BCUT2D eigenvalue weighted by atomic mass is 10.3. The molecule has 1 heterocycles. The fourth-order valence-electron chi connectivity index (χ4n) is 2.74. The second-order valence-corrected chi connectivity index (χ2v) is 10.7. The maximum atomic E-state index is 12.6. The first-order valence-electron chi connectivity index (χ1n) is 7.94. The van der Waals surface area contributed by atoms with Crippen LogP contribution >= 0.6 is 0 Å². The molecule has 1 aliphatic carbocycles. The van der Waals surface area contributed by atoms with Crippen molar-refractivity contribution in [2.75, 3.05) is 13.3 Å². The molecule has 0 amide bonds. The van der Waals surface area contributed by atoms with Crippen LogP contribution in [0, 0.1) is 5.92 Å². The van der Waals surface area contributed by atoms with Crippen molar-refractivity contribution >= 4 is 19.9 Å². The van der Waals surface area contributed by atoms with Gasteiger partial charge < -0.3 is 4.42 Å². The molecule has 0 spiro atoms. The van der Waals surface area contributed by atoms with Gasteiger partial charge in [-0.15, -0.1) is 0 Å². The smallest absolute Gasteiger partial charge is 0.243 e. The molecule has 0 bridgehead atoms. The summed E-state index contributed by atoms with van der Waals surface area (Å²) >= 11 is 0. The molecular formula is C17H21NO5S2. The van der Waals surface area contributed by atoms with Crippen LogP contribution in [0.1, 0.15) is 30.8 Å². The molecule has 0 unspecified atom stereocenters. The molecule has 6 nitrogen and oxygen atoms in total. The van der Waals surface area contributed by atoms with Gasteiger partial charge >= 0.3 is 0 Å². The SMILES string of the molecule is C[C@H]1C[C@@H]1c1ccc(CN(C)S(=O)(=O)c2ccc(S(C)(=O)=O)cc2)o1. The van der Waals surface area contributed by atoms with Gasteiger partial charge in [0, 0.05) is 19.2 Å². The van der Waals surface area contributed by atoms with Crippen LogP contribution in [0.25, 0.3) is 0 Å². The molecule has 1 saturated carbocycles. The third kappa shape index (κ3) is 3.80. The van der Waals surface area contributed by atoms with Crippen molar-refractivity contribution in [3.05, 3.63) is 47.9 Å².